The van der Waals surface area contributed by atoms with Crippen LogP contribution in [0.2, 0.25) is 0 Å². The third-order valence-electron chi connectivity index (χ3n) is 2.72. The second kappa shape index (κ2) is 6.78. The molecule has 0 saturated carbocycles. The number of aromatic nitrogens is 1. The molecule has 0 aliphatic heterocycles. The molecule has 1 aromatic heterocycles. The van der Waals surface area contributed by atoms with Crippen molar-refractivity contribution < 1.29 is 18.3 Å². The van der Waals surface area contributed by atoms with Crippen molar-refractivity contribution in [1.82, 2.24) is 10.3 Å². The van der Waals surface area contributed by atoms with Gasteiger partial charge in [0.05, 0.1) is 12.2 Å². The Balaban J connectivity index is 1.94. The number of alkyl halides is 2. The van der Waals surface area contributed by atoms with Gasteiger partial charge in [-0.15, -0.1) is 0 Å². The molecule has 0 saturated heterocycles. The van der Waals surface area contributed by atoms with E-state index in [-0.39, 0.29) is 11.7 Å². The fraction of sp³-hybridized carbons (Fsp3) is 0.200. The van der Waals surface area contributed by atoms with Gasteiger partial charge in [-0.3, -0.25) is 9.78 Å². The van der Waals surface area contributed by atoms with Crippen LogP contribution in [0.3, 0.4) is 0 Å². The molecule has 4 nitrogen and oxygen atoms in total. The molecule has 110 valence electrons. The molecule has 21 heavy (non-hydrogen) atoms. The highest BCUT2D eigenvalue weighted by Gasteiger charge is 2.08. The van der Waals surface area contributed by atoms with Crippen LogP contribution < -0.4 is 10.1 Å². The number of carbonyl (C=O) groups is 1. The zero-order chi connectivity index (χ0) is 15.2. The van der Waals surface area contributed by atoms with Crippen LogP contribution in [-0.2, 0) is 6.54 Å². The van der Waals surface area contributed by atoms with Crippen molar-refractivity contribution in [1.29, 1.82) is 0 Å². The van der Waals surface area contributed by atoms with Gasteiger partial charge in [0.1, 0.15) is 5.75 Å². The van der Waals surface area contributed by atoms with Crippen molar-refractivity contribution in [3.05, 3.63) is 59.4 Å². The number of hydrogen-bond donors (Lipinski definition) is 1. The Morgan fingerprint density at radius 2 is 1.95 bits per heavy atom. The van der Waals surface area contributed by atoms with Crippen LogP contribution in [0.4, 0.5) is 8.78 Å². The summed E-state index contributed by atoms with van der Waals surface area (Å²) in [7, 11) is 0. The van der Waals surface area contributed by atoms with Crippen LogP contribution in [0.25, 0.3) is 0 Å². The first-order chi connectivity index (χ1) is 10.0. The van der Waals surface area contributed by atoms with Gasteiger partial charge in [-0.2, -0.15) is 8.78 Å². The number of pyridine rings is 1. The highest BCUT2D eigenvalue weighted by molar-refractivity contribution is 5.94. The van der Waals surface area contributed by atoms with Crippen molar-refractivity contribution in [2.24, 2.45) is 0 Å². The zero-order valence-electron chi connectivity index (χ0n) is 11.3. The number of nitrogens with one attached hydrogen (secondary N) is 1. The van der Waals surface area contributed by atoms with Crippen molar-refractivity contribution in [3.8, 4) is 5.75 Å². The molecule has 6 heteroatoms. The van der Waals surface area contributed by atoms with E-state index in [2.05, 4.69) is 15.0 Å². The summed E-state index contributed by atoms with van der Waals surface area (Å²) < 4.78 is 28.2. The maximum absolute atomic E-state index is 12.0. The summed E-state index contributed by atoms with van der Waals surface area (Å²) in [5, 5.41) is 2.71. The molecule has 1 N–H and O–H groups in total. The largest absolute Gasteiger partial charge is 0.435 e. The van der Waals surface area contributed by atoms with E-state index in [1.54, 1.807) is 0 Å². The summed E-state index contributed by atoms with van der Waals surface area (Å²) in [6.07, 6.45) is 0. The van der Waals surface area contributed by atoms with E-state index in [1.807, 2.05) is 25.1 Å². The third kappa shape index (κ3) is 4.52. The molecule has 0 radical (unpaired) electrons. The molecule has 0 aliphatic rings. The summed E-state index contributed by atoms with van der Waals surface area (Å²) in [6, 6.07) is 11.0. The second-order valence-corrected chi connectivity index (χ2v) is 4.36. The molecule has 0 spiro atoms. The Kier molecular flexibility index (Phi) is 4.81. The lowest BCUT2D eigenvalue weighted by atomic mass is 10.2. The van der Waals surface area contributed by atoms with Crippen molar-refractivity contribution in [2.45, 2.75) is 20.1 Å². The van der Waals surface area contributed by atoms with E-state index in [1.165, 1.54) is 24.3 Å². The lowest BCUT2D eigenvalue weighted by Crippen LogP contribution is -2.23. The highest BCUT2D eigenvalue weighted by Crippen LogP contribution is 2.14. The number of nitrogens with zero attached hydrogens (tertiary/aromatic N) is 1. The maximum Gasteiger partial charge on any atom is 0.387 e. The van der Waals surface area contributed by atoms with Crippen molar-refractivity contribution in [3.63, 3.8) is 0 Å². The van der Waals surface area contributed by atoms with Gasteiger partial charge in [-0.1, -0.05) is 6.07 Å². The summed E-state index contributed by atoms with van der Waals surface area (Å²) in [4.78, 5) is 16.2. The van der Waals surface area contributed by atoms with Gasteiger partial charge in [-0.25, -0.2) is 0 Å². The molecule has 0 bridgehead atoms. The molecule has 1 amide bonds. The molecule has 2 aromatic rings. The van der Waals surface area contributed by atoms with Crippen LogP contribution >= 0.6 is 0 Å². The third-order valence-corrected chi connectivity index (χ3v) is 2.72. The minimum absolute atomic E-state index is 0.0156. The van der Waals surface area contributed by atoms with Crippen LogP contribution in [0.1, 0.15) is 21.7 Å². The Morgan fingerprint density at radius 3 is 2.57 bits per heavy atom. The second-order valence-electron chi connectivity index (χ2n) is 4.36. The van der Waals surface area contributed by atoms with E-state index >= 15 is 0 Å². The van der Waals surface area contributed by atoms with Crippen LogP contribution in [0.15, 0.2) is 42.5 Å². The summed E-state index contributed by atoms with van der Waals surface area (Å²) in [5.74, 6) is -0.288. The number of benzene rings is 1. The Morgan fingerprint density at radius 1 is 1.24 bits per heavy atom. The van der Waals surface area contributed by atoms with Gasteiger partial charge >= 0.3 is 6.61 Å². The molecule has 2 rings (SSSR count). The van der Waals surface area contributed by atoms with Crippen LogP contribution in [0, 0.1) is 6.92 Å². The maximum atomic E-state index is 12.0. The lowest BCUT2D eigenvalue weighted by Gasteiger charge is -2.07. The molecular weight excluding hydrogens is 278 g/mol. The highest BCUT2D eigenvalue weighted by atomic mass is 19.3. The molecule has 0 unspecified atom stereocenters. The monoisotopic (exact) mass is 292 g/mol. The molecular formula is C15H14F2N2O2. The lowest BCUT2D eigenvalue weighted by molar-refractivity contribution is -0.0498. The van der Waals surface area contributed by atoms with Crippen LogP contribution in [-0.4, -0.2) is 17.5 Å². The average Bonchev–Trinajstić information content (AvgIpc) is 2.45. The quantitative estimate of drug-likeness (QED) is 0.922. The molecule has 1 heterocycles. The summed E-state index contributed by atoms with van der Waals surface area (Å²) in [6.45, 7) is -0.708. The van der Waals surface area contributed by atoms with Crippen molar-refractivity contribution in [2.75, 3.05) is 0 Å². The van der Waals surface area contributed by atoms with Gasteiger partial charge in [0, 0.05) is 11.3 Å². The Bertz CT molecular complexity index is 615. The number of carbonyl (C=O) groups excluding carboxylic acids is 1. The number of aryl methyl sites for hydroxylation is 1. The van der Waals surface area contributed by atoms with E-state index in [9.17, 15) is 13.6 Å². The first kappa shape index (κ1) is 14.9. The fourth-order valence-electron chi connectivity index (χ4n) is 1.76. The predicted molar refractivity (Wildman–Crippen MR) is 73.2 cm³/mol. The van der Waals surface area contributed by atoms with E-state index in [0.29, 0.717) is 12.1 Å². The van der Waals surface area contributed by atoms with Gasteiger partial charge in [0.15, 0.2) is 0 Å². The fourth-order valence-corrected chi connectivity index (χ4v) is 1.76. The minimum Gasteiger partial charge on any atom is -0.435 e. The number of halogens is 2. The van der Waals surface area contributed by atoms with Gasteiger partial charge in [0.2, 0.25) is 0 Å². The standard InChI is InChI=1S/C15H14F2N2O2/c1-10-3-2-4-12(19-10)9-18-14(20)11-5-7-13(8-6-11)21-15(16)17/h2-8,15H,9H2,1H3,(H,18,20). The molecule has 1 aromatic carbocycles. The molecule has 0 aliphatic carbocycles. The van der Waals surface area contributed by atoms with E-state index in [4.69, 9.17) is 0 Å². The molecule has 0 atom stereocenters. The van der Waals surface area contributed by atoms with Gasteiger partial charge in [0.25, 0.3) is 5.91 Å². The molecule has 0 fully saturated rings. The topological polar surface area (TPSA) is 51.2 Å². The summed E-state index contributed by atoms with van der Waals surface area (Å²) >= 11 is 0. The smallest absolute Gasteiger partial charge is 0.387 e. The first-order valence-corrected chi connectivity index (χ1v) is 6.30. The van der Waals surface area contributed by atoms with Crippen LogP contribution in [0.5, 0.6) is 5.75 Å². The first-order valence-electron chi connectivity index (χ1n) is 6.30. The minimum atomic E-state index is -2.88. The predicted octanol–water partition coefficient (Wildman–Crippen LogP) is 2.92. The van der Waals surface area contributed by atoms with Crippen molar-refractivity contribution >= 4 is 5.91 Å². The van der Waals surface area contributed by atoms with Gasteiger partial charge < -0.3 is 10.1 Å². The SMILES string of the molecule is Cc1cccc(CNC(=O)c2ccc(OC(F)F)cc2)n1. The Hall–Kier alpha value is -2.50. The zero-order valence-corrected chi connectivity index (χ0v) is 11.3. The number of rotatable bonds is 5. The normalized spacial score (nSPS) is 10.5. The van der Waals surface area contributed by atoms with E-state index in [0.717, 1.165) is 11.4 Å². The summed E-state index contributed by atoms with van der Waals surface area (Å²) in [5.41, 5.74) is 1.99. The van der Waals surface area contributed by atoms with Gasteiger partial charge in [-0.05, 0) is 43.3 Å². The number of amides is 1. The van der Waals surface area contributed by atoms with E-state index < -0.39 is 6.61 Å². The number of hydrogen-bond acceptors (Lipinski definition) is 3. The number of ether oxygens (including phenoxy) is 1. The average molecular weight is 292 g/mol. The Labute approximate surface area is 120 Å².